The van der Waals surface area contributed by atoms with Crippen LogP contribution in [0.5, 0.6) is 0 Å². The van der Waals surface area contributed by atoms with Gasteiger partial charge in [-0.15, -0.1) is 11.8 Å². The van der Waals surface area contributed by atoms with Crippen molar-refractivity contribution in [1.82, 2.24) is 10.2 Å². The summed E-state index contributed by atoms with van der Waals surface area (Å²) < 4.78 is 0. The molecule has 2 aliphatic rings. The lowest BCUT2D eigenvalue weighted by molar-refractivity contribution is -0.144. The standard InChI is InChI=1S/C14H22N2O4S/c1-8(2)6-9(13(19)20)15-12(18)10-7-21-14(3)5-4-11(17)16(10)14/h8-10H,4-7H2,1-3H3,(H,15,18)(H,19,20). The quantitative estimate of drug-likeness (QED) is 0.792. The van der Waals surface area contributed by atoms with Crippen LogP contribution in [0.2, 0.25) is 0 Å². The Hall–Kier alpha value is -1.24. The largest absolute Gasteiger partial charge is 0.480 e. The highest BCUT2D eigenvalue weighted by molar-refractivity contribution is 8.01. The summed E-state index contributed by atoms with van der Waals surface area (Å²) in [5, 5.41) is 11.8. The maximum atomic E-state index is 12.4. The summed E-state index contributed by atoms with van der Waals surface area (Å²) in [6.07, 6.45) is 1.59. The summed E-state index contributed by atoms with van der Waals surface area (Å²) in [5.74, 6) is -0.698. The second-order valence-electron chi connectivity index (χ2n) is 6.29. The zero-order valence-corrected chi connectivity index (χ0v) is 13.4. The van der Waals surface area contributed by atoms with Crippen molar-refractivity contribution in [3.63, 3.8) is 0 Å². The normalized spacial score (nSPS) is 29.6. The summed E-state index contributed by atoms with van der Waals surface area (Å²) in [5.41, 5.74) is 0. The molecule has 0 aliphatic carbocycles. The van der Waals surface area contributed by atoms with Gasteiger partial charge in [-0.3, -0.25) is 9.59 Å². The lowest BCUT2D eigenvalue weighted by Crippen LogP contribution is -2.53. The van der Waals surface area contributed by atoms with Crippen LogP contribution in [-0.2, 0) is 14.4 Å². The third-order valence-corrected chi connectivity index (χ3v) is 5.57. The van der Waals surface area contributed by atoms with Gasteiger partial charge in [0, 0.05) is 12.2 Å². The summed E-state index contributed by atoms with van der Waals surface area (Å²) in [6, 6.07) is -1.45. The molecule has 21 heavy (non-hydrogen) atoms. The molecular formula is C14H22N2O4S. The van der Waals surface area contributed by atoms with Crippen LogP contribution in [0.25, 0.3) is 0 Å². The number of fused-ring (bicyclic) bond motifs is 1. The molecule has 2 heterocycles. The zero-order valence-electron chi connectivity index (χ0n) is 12.6. The monoisotopic (exact) mass is 314 g/mol. The Labute approximate surface area is 128 Å². The Bertz CT molecular complexity index is 468. The SMILES string of the molecule is CC(C)CC(NC(=O)C1CSC2(C)CCC(=O)N12)C(=O)O. The lowest BCUT2D eigenvalue weighted by Gasteiger charge is -2.30. The molecule has 2 aliphatic heterocycles. The Morgan fingerprint density at radius 3 is 2.76 bits per heavy atom. The molecule has 0 aromatic rings. The second kappa shape index (κ2) is 5.87. The maximum absolute atomic E-state index is 12.4. The van der Waals surface area contributed by atoms with Gasteiger partial charge in [0.05, 0.1) is 4.87 Å². The summed E-state index contributed by atoms with van der Waals surface area (Å²) in [6.45, 7) is 5.79. The first-order valence-corrected chi connectivity index (χ1v) is 8.22. The predicted molar refractivity (Wildman–Crippen MR) is 79.8 cm³/mol. The van der Waals surface area contributed by atoms with Gasteiger partial charge in [-0.05, 0) is 25.7 Å². The molecule has 2 rings (SSSR count). The summed E-state index contributed by atoms with van der Waals surface area (Å²) >= 11 is 1.60. The van der Waals surface area contributed by atoms with Crippen molar-refractivity contribution < 1.29 is 19.5 Å². The molecule has 3 unspecified atom stereocenters. The van der Waals surface area contributed by atoms with E-state index in [1.807, 2.05) is 20.8 Å². The molecule has 7 heteroatoms. The number of hydrogen-bond acceptors (Lipinski definition) is 4. The Morgan fingerprint density at radius 1 is 1.52 bits per heavy atom. The first kappa shape index (κ1) is 16.1. The van der Waals surface area contributed by atoms with Crippen molar-refractivity contribution in [2.45, 2.75) is 57.0 Å². The molecule has 2 saturated heterocycles. The van der Waals surface area contributed by atoms with E-state index in [0.717, 1.165) is 6.42 Å². The van der Waals surface area contributed by atoms with Gasteiger partial charge >= 0.3 is 5.97 Å². The van der Waals surface area contributed by atoms with Crippen LogP contribution in [0, 0.1) is 5.92 Å². The van der Waals surface area contributed by atoms with Crippen LogP contribution in [0.1, 0.15) is 40.0 Å². The van der Waals surface area contributed by atoms with Crippen LogP contribution in [-0.4, -0.2) is 50.5 Å². The van der Waals surface area contributed by atoms with Gasteiger partial charge in [0.25, 0.3) is 0 Å². The fourth-order valence-corrected chi connectivity index (χ4v) is 4.41. The summed E-state index contributed by atoms with van der Waals surface area (Å²) in [7, 11) is 0. The number of rotatable bonds is 5. The highest BCUT2D eigenvalue weighted by Gasteiger charge is 2.53. The molecule has 118 valence electrons. The van der Waals surface area contributed by atoms with Crippen LogP contribution in [0.15, 0.2) is 0 Å². The fraction of sp³-hybridized carbons (Fsp3) is 0.786. The first-order chi connectivity index (χ1) is 9.74. The van der Waals surface area contributed by atoms with Crippen LogP contribution in [0.3, 0.4) is 0 Å². The van der Waals surface area contributed by atoms with Gasteiger partial charge in [0.1, 0.15) is 12.1 Å². The molecule has 6 nitrogen and oxygen atoms in total. The molecule has 2 N–H and O–H groups in total. The molecule has 2 amide bonds. The average Bonchev–Trinajstić information content (AvgIpc) is 2.85. The van der Waals surface area contributed by atoms with Crippen molar-refractivity contribution in [2.75, 3.05) is 5.75 Å². The number of thioether (sulfide) groups is 1. The Kier molecular flexibility index (Phi) is 4.51. The smallest absolute Gasteiger partial charge is 0.326 e. The molecule has 3 atom stereocenters. The van der Waals surface area contributed by atoms with Crippen molar-refractivity contribution in [3.8, 4) is 0 Å². The van der Waals surface area contributed by atoms with Crippen molar-refractivity contribution >= 4 is 29.5 Å². The minimum Gasteiger partial charge on any atom is -0.480 e. The third-order valence-electron chi connectivity index (χ3n) is 4.07. The topological polar surface area (TPSA) is 86.7 Å². The first-order valence-electron chi connectivity index (χ1n) is 7.24. The number of hydrogen-bond donors (Lipinski definition) is 2. The van der Waals surface area contributed by atoms with E-state index in [1.165, 1.54) is 0 Å². The van der Waals surface area contributed by atoms with E-state index in [2.05, 4.69) is 5.32 Å². The van der Waals surface area contributed by atoms with E-state index in [4.69, 9.17) is 0 Å². The minimum atomic E-state index is -1.03. The Morgan fingerprint density at radius 2 is 2.19 bits per heavy atom. The molecular weight excluding hydrogens is 292 g/mol. The molecule has 2 fully saturated rings. The molecule has 0 aromatic heterocycles. The van der Waals surface area contributed by atoms with Crippen LogP contribution < -0.4 is 5.32 Å². The Balaban J connectivity index is 2.06. The minimum absolute atomic E-state index is 0.0154. The highest BCUT2D eigenvalue weighted by atomic mass is 32.2. The van der Waals surface area contributed by atoms with E-state index in [-0.39, 0.29) is 22.6 Å². The van der Waals surface area contributed by atoms with Gasteiger partial charge in [0.2, 0.25) is 11.8 Å². The van der Waals surface area contributed by atoms with Crippen LogP contribution in [0.4, 0.5) is 0 Å². The number of carboxylic acid groups (broad SMARTS) is 1. The predicted octanol–water partition coefficient (Wildman–Crippen LogP) is 1.06. The number of amides is 2. The van der Waals surface area contributed by atoms with Gasteiger partial charge in [-0.1, -0.05) is 13.8 Å². The number of carboxylic acids is 1. The van der Waals surface area contributed by atoms with E-state index in [0.29, 0.717) is 18.6 Å². The van der Waals surface area contributed by atoms with Gasteiger partial charge in [-0.2, -0.15) is 0 Å². The zero-order chi connectivity index (χ0) is 15.8. The molecule has 0 radical (unpaired) electrons. The van der Waals surface area contributed by atoms with Crippen molar-refractivity contribution in [3.05, 3.63) is 0 Å². The summed E-state index contributed by atoms with van der Waals surface area (Å²) in [4.78, 5) is 37.0. The number of aliphatic carboxylic acids is 1. The van der Waals surface area contributed by atoms with E-state index < -0.39 is 18.1 Å². The van der Waals surface area contributed by atoms with Gasteiger partial charge in [-0.25, -0.2) is 4.79 Å². The van der Waals surface area contributed by atoms with Gasteiger partial charge in [0.15, 0.2) is 0 Å². The maximum Gasteiger partial charge on any atom is 0.326 e. The lowest BCUT2D eigenvalue weighted by atomic mass is 10.0. The van der Waals surface area contributed by atoms with Crippen molar-refractivity contribution in [1.29, 1.82) is 0 Å². The van der Waals surface area contributed by atoms with Gasteiger partial charge < -0.3 is 15.3 Å². The van der Waals surface area contributed by atoms with E-state index in [9.17, 15) is 19.5 Å². The molecule has 0 aromatic carbocycles. The fourth-order valence-electron chi connectivity index (χ4n) is 2.98. The molecule has 0 spiro atoms. The number of nitrogens with one attached hydrogen (secondary N) is 1. The second-order valence-corrected chi connectivity index (χ2v) is 7.80. The highest BCUT2D eigenvalue weighted by Crippen LogP contribution is 2.47. The average molecular weight is 314 g/mol. The number of nitrogens with zero attached hydrogens (tertiary/aromatic N) is 1. The number of carbonyl (C=O) groups is 3. The molecule has 0 saturated carbocycles. The third kappa shape index (κ3) is 3.17. The molecule has 0 bridgehead atoms. The van der Waals surface area contributed by atoms with E-state index in [1.54, 1.807) is 16.7 Å². The van der Waals surface area contributed by atoms with Crippen molar-refractivity contribution in [2.24, 2.45) is 5.92 Å². The number of carbonyl (C=O) groups excluding carboxylic acids is 2. The van der Waals surface area contributed by atoms with E-state index >= 15 is 0 Å². The van der Waals surface area contributed by atoms with Crippen LogP contribution >= 0.6 is 11.8 Å².